The molecule has 0 radical (unpaired) electrons. The molecule has 1 aromatic heterocycles. The van der Waals surface area contributed by atoms with Gasteiger partial charge in [-0.05, 0) is 38.3 Å². The van der Waals surface area contributed by atoms with Gasteiger partial charge in [0.15, 0.2) is 17.3 Å². The predicted octanol–water partition coefficient (Wildman–Crippen LogP) is 0.784. The minimum absolute atomic E-state index is 0.117. The topological polar surface area (TPSA) is 75.2 Å². The molecule has 2 heterocycles. The molecule has 1 atom stereocenters. The standard InChI is InChI=1S/C13H18N4O2/c1-9(18)11-5-3-4-8-17(11)12-7-6-10(15-16-12)13(19)14-2/h6-7,11H,3-5,8H2,1-2H3,(H,14,19). The lowest BCUT2D eigenvalue weighted by molar-refractivity contribution is -0.118. The molecule has 1 amide bonds. The van der Waals surface area contributed by atoms with E-state index in [1.54, 1.807) is 26.1 Å². The van der Waals surface area contributed by atoms with Crippen molar-refractivity contribution in [2.24, 2.45) is 0 Å². The van der Waals surface area contributed by atoms with Crippen molar-refractivity contribution in [3.63, 3.8) is 0 Å². The molecule has 0 bridgehead atoms. The summed E-state index contributed by atoms with van der Waals surface area (Å²) in [6.45, 7) is 2.41. The van der Waals surface area contributed by atoms with Crippen LogP contribution in [0.1, 0.15) is 36.7 Å². The monoisotopic (exact) mass is 262 g/mol. The number of Topliss-reactive ketones (excluding diaryl/α,β-unsaturated/α-hetero) is 1. The molecular formula is C13H18N4O2. The van der Waals surface area contributed by atoms with Crippen molar-refractivity contribution in [2.45, 2.75) is 32.2 Å². The van der Waals surface area contributed by atoms with Gasteiger partial charge in [0.05, 0.1) is 6.04 Å². The average molecular weight is 262 g/mol. The van der Waals surface area contributed by atoms with E-state index in [0.29, 0.717) is 5.82 Å². The van der Waals surface area contributed by atoms with Crippen molar-refractivity contribution in [3.8, 4) is 0 Å². The molecule has 0 spiro atoms. The summed E-state index contributed by atoms with van der Waals surface area (Å²) in [7, 11) is 1.55. The Morgan fingerprint density at radius 2 is 2.11 bits per heavy atom. The van der Waals surface area contributed by atoms with Crippen molar-refractivity contribution >= 4 is 17.5 Å². The Hall–Kier alpha value is -1.98. The molecule has 1 N–H and O–H groups in total. The van der Waals surface area contributed by atoms with E-state index < -0.39 is 0 Å². The van der Waals surface area contributed by atoms with Crippen molar-refractivity contribution < 1.29 is 9.59 Å². The van der Waals surface area contributed by atoms with Crippen LogP contribution in [-0.4, -0.2) is 41.5 Å². The highest BCUT2D eigenvalue weighted by Crippen LogP contribution is 2.23. The number of ketones is 1. The van der Waals surface area contributed by atoms with Crippen LogP contribution in [0.15, 0.2) is 12.1 Å². The van der Waals surface area contributed by atoms with Gasteiger partial charge in [0, 0.05) is 13.6 Å². The number of nitrogens with one attached hydrogen (secondary N) is 1. The normalized spacial score (nSPS) is 19.1. The molecule has 1 aromatic rings. The Kier molecular flexibility index (Phi) is 4.09. The van der Waals surface area contributed by atoms with Gasteiger partial charge in [0.2, 0.25) is 0 Å². The fourth-order valence-electron chi connectivity index (χ4n) is 2.36. The molecule has 6 heteroatoms. The molecule has 0 aromatic carbocycles. The Balaban J connectivity index is 2.20. The number of hydrogen-bond acceptors (Lipinski definition) is 5. The second-order valence-electron chi connectivity index (χ2n) is 4.67. The molecule has 1 saturated heterocycles. The number of rotatable bonds is 3. The van der Waals surface area contributed by atoms with Crippen LogP contribution in [0.4, 0.5) is 5.82 Å². The fraction of sp³-hybridized carbons (Fsp3) is 0.538. The molecule has 6 nitrogen and oxygen atoms in total. The minimum atomic E-state index is -0.263. The maximum Gasteiger partial charge on any atom is 0.271 e. The van der Waals surface area contributed by atoms with Gasteiger partial charge in [-0.1, -0.05) is 0 Å². The lowest BCUT2D eigenvalue weighted by Crippen LogP contribution is -2.44. The third-order valence-corrected chi connectivity index (χ3v) is 3.38. The molecule has 0 aliphatic carbocycles. The highest BCUT2D eigenvalue weighted by Gasteiger charge is 2.27. The number of aromatic nitrogens is 2. The van der Waals surface area contributed by atoms with Crippen molar-refractivity contribution in [3.05, 3.63) is 17.8 Å². The first kappa shape index (κ1) is 13.5. The van der Waals surface area contributed by atoms with Crippen molar-refractivity contribution in [1.29, 1.82) is 0 Å². The van der Waals surface area contributed by atoms with E-state index in [4.69, 9.17) is 0 Å². The van der Waals surface area contributed by atoms with E-state index in [0.717, 1.165) is 25.8 Å². The zero-order chi connectivity index (χ0) is 13.8. The summed E-state index contributed by atoms with van der Waals surface area (Å²) in [5.74, 6) is 0.547. The molecule has 0 saturated carbocycles. The molecule has 1 unspecified atom stereocenters. The second kappa shape index (κ2) is 5.77. The van der Waals surface area contributed by atoms with E-state index in [1.807, 2.05) is 4.90 Å². The number of amides is 1. The van der Waals surface area contributed by atoms with Crippen LogP contribution in [0.5, 0.6) is 0 Å². The van der Waals surface area contributed by atoms with Crippen LogP contribution in [0.25, 0.3) is 0 Å². The van der Waals surface area contributed by atoms with Crippen LogP contribution < -0.4 is 10.2 Å². The third kappa shape index (κ3) is 2.89. The van der Waals surface area contributed by atoms with Crippen molar-refractivity contribution in [2.75, 3.05) is 18.5 Å². The van der Waals surface area contributed by atoms with Gasteiger partial charge in [-0.25, -0.2) is 0 Å². The number of hydrogen-bond donors (Lipinski definition) is 1. The SMILES string of the molecule is CNC(=O)c1ccc(N2CCCCC2C(C)=O)nn1. The molecule has 19 heavy (non-hydrogen) atoms. The first-order chi connectivity index (χ1) is 9.13. The van der Waals surface area contributed by atoms with Crippen LogP contribution in [0.3, 0.4) is 0 Å². The van der Waals surface area contributed by atoms with Crippen molar-refractivity contribution in [1.82, 2.24) is 15.5 Å². The summed E-state index contributed by atoms with van der Waals surface area (Å²) in [4.78, 5) is 25.0. The van der Waals surface area contributed by atoms with E-state index in [2.05, 4.69) is 15.5 Å². The first-order valence-electron chi connectivity index (χ1n) is 6.46. The Labute approximate surface area is 112 Å². The molecule has 1 aliphatic heterocycles. The molecule has 102 valence electrons. The second-order valence-corrected chi connectivity index (χ2v) is 4.67. The Morgan fingerprint density at radius 3 is 2.68 bits per heavy atom. The predicted molar refractivity (Wildman–Crippen MR) is 71.1 cm³/mol. The summed E-state index contributed by atoms with van der Waals surface area (Å²) < 4.78 is 0. The Morgan fingerprint density at radius 1 is 1.32 bits per heavy atom. The quantitative estimate of drug-likeness (QED) is 0.871. The summed E-state index contributed by atoms with van der Waals surface area (Å²) in [6, 6.07) is 3.26. The zero-order valence-corrected chi connectivity index (χ0v) is 11.2. The molecule has 1 fully saturated rings. The number of carbonyl (C=O) groups excluding carboxylic acids is 2. The fourth-order valence-corrected chi connectivity index (χ4v) is 2.36. The van der Waals surface area contributed by atoms with Gasteiger partial charge in [0.25, 0.3) is 5.91 Å². The summed E-state index contributed by atoms with van der Waals surface area (Å²) >= 11 is 0. The number of carbonyl (C=O) groups is 2. The van der Waals surface area contributed by atoms with Gasteiger partial charge in [-0.15, -0.1) is 10.2 Å². The average Bonchev–Trinajstić information content (AvgIpc) is 2.46. The minimum Gasteiger partial charge on any atom is -0.354 e. The van der Waals surface area contributed by atoms with E-state index in [9.17, 15) is 9.59 Å². The maximum atomic E-state index is 11.7. The van der Waals surface area contributed by atoms with Crippen LogP contribution in [-0.2, 0) is 4.79 Å². The zero-order valence-electron chi connectivity index (χ0n) is 11.2. The smallest absolute Gasteiger partial charge is 0.271 e. The summed E-state index contributed by atoms with van der Waals surface area (Å²) in [5, 5.41) is 10.5. The Bertz CT molecular complexity index is 472. The van der Waals surface area contributed by atoms with Gasteiger partial charge in [-0.2, -0.15) is 0 Å². The highest BCUT2D eigenvalue weighted by molar-refractivity contribution is 5.92. The van der Waals surface area contributed by atoms with Crippen LogP contribution >= 0.6 is 0 Å². The highest BCUT2D eigenvalue weighted by atomic mass is 16.1. The number of nitrogens with zero attached hydrogens (tertiary/aromatic N) is 3. The largest absolute Gasteiger partial charge is 0.354 e. The molecule has 1 aliphatic rings. The molecule has 2 rings (SSSR count). The summed E-state index contributed by atoms with van der Waals surface area (Å²) in [6.07, 6.45) is 2.96. The number of anilines is 1. The van der Waals surface area contributed by atoms with E-state index >= 15 is 0 Å². The van der Waals surface area contributed by atoms with E-state index in [1.165, 1.54) is 0 Å². The van der Waals surface area contributed by atoms with Gasteiger partial charge >= 0.3 is 0 Å². The van der Waals surface area contributed by atoms with Gasteiger partial charge in [0.1, 0.15) is 0 Å². The van der Waals surface area contributed by atoms with Crippen LogP contribution in [0, 0.1) is 0 Å². The lowest BCUT2D eigenvalue weighted by atomic mass is 9.99. The van der Waals surface area contributed by atoms with Gasteiger partial charge in [-0.3, -0.25) is 9.59 Å². The summed E-state index contributed by atoms with van der Waals surface area (Å²) in [5.41, 5.74) is 0.280. The third-order valence-electron chi connectivity index (χ3n) is 3.38. The van der Waals surface area contributed by atoms with E-state index in [-0.39, 0.29) is 23.4 Å². The first-order valence-corrected chi connectivity index (χ1v) is 6.46. The molecular weight excluding hydrogens is 244 g/mol. The lowest BCUT2D eigenvalue weighted by Gasteiger charge is -2.34. The van der Waals surface area contributed by atoms with Gasteiger partial charge < -0.3 is 10.2 Å². The van der Waals surface area contributed by atoms with Crippen LogP contribution in [0.2, 0.25) is 0 Å². The maximum absolute atomic E-state index is 11.7. The number of piperidine rings is 1.